The lowest BCUT2D eigenvalue weighted by Crippen LogP contribution is -2.46. The fraction of sp³-hybridized carbons (Fsp3) is 1.00. The van der Waals surface area contributed by atoms with Crippen molar-refractivity contribution in [1.29, 1.82) is 0 Å². The highest BCUT2D eigenvalue weighted by molar-refractivity contribution is 4.89. The predicted molar refractivity (Wildman–Crippen MR) is 72.7 cm³/mol. The van der Waals surface area contributed by atoms with Crippen molar-refractivity contribution in [3.05, 3.63) is 0 Å². The zero-order valence-electron chi connectivity index (χ0n) is 12.4. The predicted octanol–water partition coefficient (Wildman–Crippen LogP) is 4.18. The first-order valence-electron chi connectivity index (χ1n) is 6.77. The van der Waals surface area contributed by atoms with E-state index in [-0.39, 0.29) is 0 Å². The highest BCUT2D eigenvalue weighted by atomic mass is 15.1. The smallest absolute Gasteiger partial charge is 0.00977 e. The van der Waals surface area contributed by atoms with Crippen molar-refractivity contribution in [2.24, 2.45) is 16.7 Å². The molecule has 0 aromatic heterocycles. The van der Waals surface area contributed by atoms with E-state index in [0.29, 0.717) is 10.8 Å². The van der Waals surface area contributed by atoms with Crippen LogP contribution in [0.1, 0.15) is 60.8 Å². The van der Waals surface area contributed by atoms with Gasteiger partial charge in [-0.05, 0) is 43.1 Å². The largest absolute Gasteiger partial charge is 0.303 e. The molecular formula is C15H31N. The van der Waals surface area contributed by atoms with Gasteiger partial charge in [0, 0.05) is 12.6 Å². The van der Waals surface area contributed by atoms with Crippen LogP contribution in [0, 0.1) is 16.7 Å². The van der Waals surface area contributed by atoms with Crippen LogP contribution in [0.3, 0.4) is 0 Å². The first-order chi connectivity index (χ1) is 7.07. The van der Waals surface area contributed by atoms with Crippen LogP contribution in [0.25, 0.3) is 0 Å². The van der Waals surface area contributed by atoms with Crippen LogP contribution in [0.4, 0.5) is 0 Å². The molecule has 1 saturated carbocycles. The summed E-state index contributed by atoms with van der Waals surface area (Å²) in [5.74, 6) is 0.979. The Kier molecular flexibility index (Phi) is 4.10. The van der Waals surface area contributed by atoms with Gasteiger partial charge >= 0.3 is 0 Å². The fourth-order valence-corrected chi connectivity index (χ4v) is 2.97. The number of hydrogen-bond acceptors (Lipinski definition) is 1. The molecule has 0 atom stereocenters. The van der Waals surface area contributed by atoms with Crippen molar-refractivity contribution >= 4 is 0 Å². The standard InChI is InChI=1S/C15H31N/c1-14(2,3)10-12-8-13(9-12)16(7)11-15(4,5)6/h12-13H,8-11H2,1-7H3. The van der Waals surface area contributed by atoms with E-state index in [1.54, 1.807) is 0 Å². The van der Waals surface area contributed by atoms with Crippen molar-refractivity contribution in [3.8, 4) is 0 Å². The summed E-state index contributed by atoms with van der Waals surface area (Å²) < 4.78 is 0. The van der Waals surface area contributed by atoms with E-state index in [4.69, 9.17) is 0 Å². The zero-order valence-corrected chi connectivity index (χ0v) is 12.4. The number of nitrogens with zero attached hydrogens (tertiary/aromatic N) is 1. The van der Waals surface area contributed by atoms with Gasteiger partial charge in [0.1, 0.15) is 0 Å². The van der Waals surface area contributed by atoms with Gasteiger partial charge in [0.05, 0.1) is 0 Å². The van der Waals surface area contributed by atoms with E-state index in [0.717, 1.165) is 12.0 Å². The van der Waals surface area contributed by atoms with E-state index in [2.05, 4.69) is 53.5 Å². The van der Waals surface area contributed by atoms with Crippen LogP contribution < -0.4 is 0 Å². The van der Waals surface area contributed by atoms with E-state index >= 15 is 0 Å². The summed E-state index contributed by atoms with van der Waals surface area (Å²) in [6.07, 6.45) is 4.24. The number of rotatable bonds is 3. The average Bonchev–Trinajstić information content (AvgIpc) is 1.89. The van der Waals surface area contributed by atoms with Gasteiger partial charge in [-0.1, -0.05) is 41.5 Å². The molecule has 1 rings (SSSR count). The third-order valence-corrected chi connectivity index (χ3v) is 3.46. The molecule has 1 aliphatic carbocycles. The molecule has 1 nitrogen and oxygen atoms in total. The average molecular weight is 225 g/mol. The van der Waals surface area contributed by atoms with E-state index in [1.165, 1.54) is 25.8 Å². The van der Waals surface area contributed by atoms with Gasteiger partial charge in [-0.25, -0.2) is 0 Å². The van der Waals surface area contributed by atoms with Crippen LogP contribution >= 0.6 is 0 Å². The first-order valence-corrected chi connectivity index (χ1v) is 6.77. The van der Waals surface area contributed by atoms with Crippen LogP contribution in [0.2, 0.25) is 0 Å². The second-order valence-corrected chi connectivity index (χ2v) is 8.23. The van der Waals surface area contributed by atoms with Crippen molar-refractivity contribution in [2.75, 3.05) is 13.6 Å². The minimum atomic E-state index is 0.434. The van der Waals surface area contributed by atoms with Gasteiger partial charge in [-0.15, -0.1) is 0 Å². The summed E-state index contributed by atoms with van der Waals surface area (Å²) in [6, 6.07) is 0.853. The Morgan fingerprint density at radius 2 is 1.44 bits per heavy atom. The SMILES string of the molecule is CN(CC(C)(C)C)C1CC(CC(C)(C)C)C1. The fourth-order valence-electron chi connectivity index (χ4n) is 2.97. The summed E-state index contributed by atoms with van der Waals surface area (Å²) in [5.41, 5.74) is 0.947. The summed E-state index contributed by atoms with van der Waals surface area (Å²) in [4.78, 5) is 2.57. The molecular weight excluding hydrogens is 194 g/mol. The Balaban J connectivity index is 2.25. The molecule has 0 unspecified atom stereocenters. The highest BCUT2D eigenvalue weighted by Crippen LogP contribution is 2.39. The monoisotopic (exact) mass is 225 g/mol. The maximum atomic E-state index is 2.57. The molecule has 0 saturated heterocycles. The van der Waals surface area contributed by atoms with Crippen molar-refractivity contribution in [1.82, 2.24) is 4.90 Å². The second-order valence-electron chi connectivity index (χ2n) is 8.23. The molecule has 96 valence electrons. The van der Waals surface area contributed by atoms with Gasteiger partial charge in [-0.3, -0.25) is 0 Å². The molecule has 0 heterocycles. The molecule has 1 aliphatic rings. The Bertz CT molecular complexity index is 213. The third kappa shape index (κ3) is 4.86. The molecule has 0 bridgehead atoms. The lowest BCUT2D eigenvalue weighted by Gasteiger charge is -2.45. The molecule has 0 aromatic carbocycles. The van der Waals surface area contributed by atoms with Crippen LogP contribution in [0.15, 0.2) is 0 Å². The molecule has 1 heteroatoms. The minimum absolute atomic E-state index is 0.434. The highest BCUT2D eigenvalue weighted by Gasteiger charge is 2.35. The molecule has 0 aromatic rings. The topological polar surface area (TPSA) is 3.24 Å². The molecule has 1 fully saturated rings. The summed E-state index contributed by atoms with van der Waals surface area (Å²) >= 11 is 0. The Labute approximate surface area is 103 Å². The van der Waals surface area contributed by atoms with Gasteiger partial charge < -0.3 is 4.90 Å². The lowest BCUT2D eigenvalue weighted by molar-refractivity contribution is 0.0541. The van der Waals surface area contributed by atoms with Crippen LogP contribution in [0.5, 0.6) is 0 Å². The summed E-state index contributed by atoms with van der Waals surface area (Å²) in [7, 11) is 2.29. The molecule has 0 amide bonds. The Morgan fingerprint density at radius 1 is 0.938 bits per heavy atom. The summed E-state index contributed by atoms with van der Waals surface area (Å²) in [5, 5.41) is 0. The molecule has 0 spiro atoms. The quantitative estimate of drug-likeness (QED) is 0.696. The van der Waals surface area contributed by atoms with Crippen molar-refractivity contribution in [3.63, 3.8) is 0 Å². The van der Waals surface area contributed by atoms with E-state index in [9.17, 15) is 0 Å². The van der Waals surface area contributed by atoms with Crippen LogP contribution in [-0.2, 0) is 0 Å². The number of hydrogen-bond donors (Lipinski definition) is 0. The molecule has 0 radical (unpaired) electrons. The third-order valence-electron chi connectivity index (χ3n) is 3.46. The van der Waals surface area contributed by atoms with E-state index < -0.39 is 0 Å². The Hall–Kier alpha value is -0.0400. The Morgan fingerprint density at radius 3 is 1.81 bits per heavy atom. The molecule has 16 heavy (non-hydrogen) atoms. The van der Waals surface area contributed by atoms with Crippen LogP contribution in [-0.4, -0.2) is 24.5 Å². The summed E-state index contributed by atoms with van der Waals surface area (Å²) in [6.45, 7) is 15.3. The second kappa shape index (κ2) is 4.68. The van der Waals surface area contributed by atoms with Crippen molar-refractivity contribution < 1.29 is 0 Å². The van der Waals surface area contributed by atoms with E-state index in [1.807, 2.05) is 0 Å². The maximum Gasteiger partial charge on any atom is 0.00977 e. The molecule has 0 N–H and O–H groups in total. The van der Waals surface area contributed by atoms with Gasteiger partial charge in [0.15, 0.2) is 0 Å². The van der Waals surface area contributed by atoms with Gasteiger partial charge in [0.2, 0.25) is 0 Å². The van der Waals surface area contributed by atoms with Crippen molar-refractivity contribution in [2.45, 2.75) is 66.8 Å². The molecule has 0 aliphatic heterocycles. The normalized spacial score (nSPS) is 27.0. The lowest BCUT2D eigenvalue weighted by atomic mass is 9.71. The van der Waals surface area contributed by atoms with Gasteiger partial charge in [-0.2, -0.15) is 0 Å². The first kappa shape index (κ1) is 14.0. The maximum absolute atomic E-state index is 2.57. The minimum Gasteiger partial charge on any atom is -0.303 e. The van der Waals surface area contributed by atoms with Gasteiger partial charge in [0.25, 0.3) is 0 Å². The zero-order chi connectivity index (χ0) is 12.6.